The lowest BCUT2D eigenvalue weighted by atomic mass is 9.45. The Labute approximate surface area is 132 Å². The number of hydrogen-bond acceptors (Lipinski definition) is 3. The van der Waals surface area contributed by atoms with Crippen molar-refractivity contribution in [2.24, 2.45) is 34.5 Å². The topological polar surface area (TPSA) is 46.7 Å². The van der Waals surface area contributed by atoms with Crippen molar-refractivity contribution in [3.05, 3.63) is 0 Å². The Morgan fingerprint density at radius 2 is 1.86 bits per heavy atom. The van der Waals surface area contributed by atoms with Crippen molar-refractivity contribution in [2.75, 3.05) is 0 Å². The molecule has 3 heteroatoms. The molecule has 5 rings (SSSR count). The molecule has 0 radical (unpaired) electrons. The molecule has 1 saturated heterocycles. The van der Waals surface area contributed by atoms with E-state index < -0.39 is 0 Å². The fourth-order valence-corrected chi connectivity index (χ4v) is 7.20. The molecule has 22 heavy (non-hydrogen) atoms. The molecule has 0 aromatic carbocycles. The van der Waals surface area contributed by atoms with Crippen molar-refractivity contribution in [3.8, 4) is 0 Å². The first-order valence-corrected chi connectivity index (χ1v) is 9.17. The highest BCUT2D eigenvalue weighted by Gasteiger charge is 2.69. The molecule has 0 spiro atoms. The second kappa shape index (κ2) is 4.03. The van der Waals surface area contributed by atoms with Gasteiger partial charge in [0.15, 0.2) is 5.78 Å². The summed E-state index contributed by atoms with van der Waals surface area (Å²) >= 11 is 0. The molecular formula is C19H26O3. The maximum atomic E-state index is 12.4. The summed E-state index contributed by atoms with van der Waals surface area (Å²) in [6, 6.07) is 0. The molecule has 5 aliphatic rings. The molecule has 0 aromatic heterocycles. The summed E-state index contributed by atoms with van der Waals surface area (Å²) in [4.78, 5) is 24.5. The molecule has 3 nitrogen and oxygen atoms in total. The molecule has 0 N–H and O–H groups in total. The molecule has 0 bridgehead atoms. The van der Waals surface area contributed by atoms with Gasteiger partial charge in [-0.1, -0.05) is 13.8 Å². The third kappa shape index (κ3) is 1.43. The monoisotopic (exact) mass is 302 g/mol. The van der Waals surface area contributed by atoms with E-state index in [4.69, 9.17) is 4.74 Å². The number of carbonyl (C=O) groups is 2. The van der Waals surface area contributed by atoms with E-state index in [0.717, 1.165) is 38.5 Å². The van der Waals surface area contributed by atoms with Crippen LogP contribution in [0.25, 0.3) is 0 Å². The Kier molecular flexibility index (Phi) is 2.51. The first-order chi connectivity index (χ1) is 10.5. The summed E-state index contributed by atoms with van der Waals surface area (Å²) in [6.07, 6.45) is 7.35. The summed E-state index contributed by atoms with van der Waals surface area (Å²) in [5.41, 5.74) is 0.146. The van der Waals surface area contributed by atoms with E-state index in [2.05, 4.69) is 13.8 Å². The second-order valence-corrected chi connectivity index (χ2v) is 9.08. The SMILES string of the molecule is C[C@]12C(CCC3C1CC[C@]1(C)C(=O)CCC31)CC(=O)[C@@H]1O[C@@H]12. The lowest BCUT2D eigenvalue weighted by molar-refractivity contribution is -0.141. The Balaban J connectivity index is 1.51. The number of carbonyl (C=O) groups excluding carboxylic acids is 2. The average Bonchev–Trinajstić information content (AvgIpc) is 3.24. The van der Waals surface area contributed by atoms with E-state index >= 15 is 0 Å². The van der Waals surface area contributed by atoms with E-state index in [1.807, 2.05) is 0 Å². The smallest absolute Gasteiger partial charge is 0.164 e. The van der Waals surface area contributed by atoms with Crippen LogP contribution in [0.1, 0.15) is 58.8 Å². The highest BCUT2D eigenvalue weighted by Crippen LogP contribution is 2.67. The van der Waals surface area contributed by atoms with Crippen LogP contribution in [-0.4, -0.2) is 23.8 Å². The number of ether oxygens (including phenoxy) is 1. The van der Waals surface area contributed by atoms with Crippen molar-refractivity contribution < 1.29 is 14.3 Å². The molecule has 0 amide bonds. The maximum absolute atomic E-state index is 12.4. The van der Waals surface area contributed by atoms with Gasteiger partial charge in [0.05, 0.1) is 6.10 Å². The number of fused-ring (bicyclic) bond motifs is 7. The quantitative estimate of drug-likeness (QED) is 0.646. The molecule has 1 heterocycles. The summed E-state index contributed by atoms with van der Waals surface area (Å²) in [6.45, 7) is 4.64. The third-order valence-corrected chi connectivity index (χ3v) is 8.54. The van der Waals surface area contributed by atoms with Gasteiger partial charge in [-0.3, -0.25) is 9.59 Å². The zero-order valence-corrected chi connectivity index (χ0v) is 13.6. The number of hydrogen-bond donors (Lipinski definition) is 0. The Bertz CT molecular complexity index is 569. The van der Waals surface area contributed by atoms with Crippen molar-refractivity contribution in [3.63, 3.8) is 0 Å². The lowest BCUT2D eigenvalue weighted by Gasteiger charge is -2.58. The zero-order valence-electron chi connectivity index (χ0n) is 13.6. The summed E-state index contributed by atoms with van der Waals surface area (Å²) in [5.74, 6) is 3.32. The third-order valence-electron chi connectivity index (χ3n) is 8.54. The first-order valence-electron chi connectivity index (χ1n) is 9.17. The molecule has 1 aliphatic heterocycles. The van der Waals surface area contributed by atoms with Crippen LogP contribution >= 0.6 is 0 Å². The van der Waals surface area contributed by atoms with Gasteiger partial charge in [-0.05, 0) is 55.8 Å². The van der Waals surface area contributed by atoms with Crippen LogP contribution in [0, 0.1) is 34.5 Å². The summed E-state index contributed by atoms with van der Waals surface area (Å²) in [5, 5.41) is 0. The Morgan fingerprint density at radius 3 is 2.68 bits per heavy atom. The number of Topliss-reactive ketones (excluding diaryl/α,β-unsaturated/α-hetero) is 2. The van der Waals surface area contributed by atoms with Crippen LogP contribution in [-0.2, 0) is 14.3 Å². The van der Waals surface area contributed by atoms with Crippen molar-refractivity contribution >= 4 is 11.6 Å². The number of epoxide rings is 1. The molecule has 0 aromatic rings. The highest BCUT2D eigenvalue weighted by atomic mass is 16.6. The summed E-state index contributed by atoms with van der Waals surface area (Å²) in [7, 11) is 0. The standard InChI is InChI=1S/C19H26O3/c1-18-8-7-13-11(12(18)5-6-15(18)21)4-3-10-9-14(20)16-17(22-16)19(10,13)2/h10-13,16-17H,3-9H2,1-2H3/t10?,11?,12?,13?,16-,17-,18-,19-/m0/s1. The lowest BCUT2D eigenvalue weighted by Crippen LogP contribution is -2.56. The average molecular weight is 302 g/mol. The largest absolute Gasteiger partial charge is 0.361 e. The first kappa shape index (κ1) is 13.7. The van der Waals surface area contributed by atoms with E-state index in [9.17, 15) is 9.59 Å². The minimum atomic E-state index is -0.0847. The van der Waals surface area contributed by atoms with Crippen LogP contribution in [0.2, 0.25) is 0 Å². The fourth-order valence-electron chi connectivity index (χ4n) is 7.20. The van der Waals surface area contributed by atoms with Gasteiger partial charge >= 0.3 is 0 Å². The molecule has 4 unspecified atom stereocenters. The van der Waals surface area contributed by atoms with Gasteiger partial charge in [0.25, 0.3) is 0 Å². The van der Waals surface area contributed by atoms with Crippen LogP contribution in [0.5, 0.6) is 0 Å². The Hall–Kier alpha value is -0.700. The van der Waals surface area contributed by atoms with Gasteiger partial charge in [0.2, 0.25) is 0 Å². The molecule has 8 atom stereocenters. The van der Waals surface area contributed by atoms with Gasteiger partial charge in [-0.2, -0.15) is 0 Å². The minimum Gasteiger partial charge on any atom is -0.361 e. The normalized spacial score (nSPS) is 59.4. The van der Waals surface area contributed by atoms with E-state index in [1.54, 1.807) is 0 Å². The predicted octanol–water partition coefficient (Wildman–Crippen LogP) is 3.15. The van der Waals surface area contributed by atoms with E-state index in [-0.39, 0.29) is 23.0 Å². The molecule has 4 aliphatic carbocycles. The van der Waals surface area contributed by atoms with Gasteiger partial charge < -0.3 is 4.74 Å². The fraction of sp³-hybridized carbons (Fsp3) is 0.895. The van der Waals surface area contributed by atoms with Gasteiger partial charge in [0, 0.05) is 23.7 Å². The van der Waals surface area contributed by atoms with Gasteiger partial charge in [-0.25, -0.2) is 0 Å². The van der Waals surface area contributed by atoms with E-state index in [0.29, 0.717) is 35.2 Å². The zero-order chi connectivity index (χ0) is 15.3. The van der Waals surface area contributed by atoms with Crippen LogP contribution in [0.4, 0.5) is 0 Å². The van der Waals surface area contributed by atoms with Crippen LogP contribution < -0.4 is 0 Å². The van der Waals surface area contributed by atoms with Crippen LogP contribution in [0.3, 0.4) is 0 Å². The minimum absolute atomic E-state index is 0.0430. The number of ketones is 2. The highest BCUT2D eigenvalue weighted by molar-refractivity contribution is 5.88. The molecule has 5 fully saturated rings. The maximum Gasteiger partial charge on any atom is 0.164 e. The van der Waals surface area contributed by atoms with E-state index in [1.165, 1.54) is 6.42 Å². The number of rotatable bonds is 0. The van der Waals surface area contributed by atoms with Gasteiger partial charge in [-0.15, -0.1) is 0 Å². The van der Waals surface area contributed by atoms with Crippen molar-refractivity contribution in [1.29, 1.82) is 0 Å². The van der Waals surface area contributed by atoms with Gasteiger partial charge in [0.1, 0.15) is 11.9 Å². The molecular weight excluding hydrogens is 276 g/mol. The van der Waals surface area contributed by atoms with Crippen LogP contribution in [0.15, 0.2) is 0 Å². The Morgan fingerprint density at radius 1 is 1.05 bits per heavy atom. The molecule has 4 saturated carbocycles. The van der Waals surface area contributed by atoms with Crippen molar-refractivity contribution in [1.82, 2.24) is 0 Å². The summed E-state index contributed by atoms with van der Waals surface area (Å²) < 4.78 is 5.85. The van der Waals surface area contributed by atoms with Crippen molar-refractivity contribution in [2.45, 2.75) is 71.0 Å². The second-order valence-electron chi connectivity index (χ2n) is 9.08. The molecule has 120 valence electrons. The predicted molar refractivity (Wildman–Crippen MR) is 81.2 cm³/mol.